The second-order valence-electron chi connectivity index (χ2n) is 5.95. The molecule has 8 nitrogen and oxygen atoms in total. The largest absolute Gasteiger partial charge is 0.443 e. The van der Waals surface area contributed by atoms with Crippen LogP contribution < -0.4 is 0 Å². The number of aldehydes is 1. The minimum atomic E-state index is -0.636. The van der Waals surface area contributed by atoms with Crippen LogP contribution >= 0.6 is 0 Å². The van der Waals surface area contributed by atoms with E-state index in [-0.39, 0.29) is 0 Å². The molecule has 3 aromatic rings. The molecule has 8 heteroatoms. The Bertz CT molecular complexity index is 875. The molecule has 0 aliphatic heterocycles. The van der Waals surface area contributed by atoms with Crippen LogP contribution in [0.2, 0.25) is 0 Å². The van der Waals surface area contributed by atoms with Crippen LogP contribution in [0.3, 0.4) is 0 Å². The van der Waals surface area contributed by atoms with E-state index in [4.69, 9.17) is 4.74 Å². The molecule has 0 aliphatic rings. The molecule has 118 valence electrons. The first kappa shape index (κ1) is 14.9. The lowest BCUT2D eigenvalue weighted by atomic mass is 10.2. The molecule has 23 heavy (non-hydrogen) atoms. The molecule has 0 spiro atoms. The lowest BCUT2D eigenvalue weighted by Crippen LogP contribution is -2.26. The highest BCUT2D eigenvalue weighted by Crippen LogP contribution is 2.23. The maximum atomic E-state index is 12.3. The number of hydrogen-bond donors (Lipinski definition) is 0. The number of nitrogens with zero attached hydrogens (tertiary/aromatic N) is 5. The van der Waals surface area contributed by atoms with Gasteiger partial charge in [-0.2, -0.15) is 5.10 Å². The lowest BCUT2D eigenvalue weighted by molar-refractivity contribution is 0.0544. The number of pyridine rings is 1. The van der Waals surface area contributed by atoms with Gasteiger partial charge in [-0.3, -0.25) is 9.36 Å². The molecule has 0 saturated heterocycles. The van der Waals surface area contributed by atoms with Crippen LogP contribution in [0, 0.1) is 0 Å². The van der Waals surface area contributed by atoms with Crippen LogP contribution in [-0.4, -0.2) is 42.3 Å². The van der Waals surface area contributed by atoms with Gasteiger partial charge in [0.15, 0.2) is 12.1 Å². The summed E-state index contributed by atoms with van der Waals surface area (Å²) < 4.78 is 8.10. The summed E-state index contributed by atoms with van der Waals surface area (Å²) in [5.74, 6) is 0.500. The Hall–Kier alpha value is -3.03. The van der Waals surface area contributed by atoms with Crippen molar-refractivity contribution in [1.29, 1.82) is 0 Å². The van der Waals surface area contributed by atoms with Crippen molar-refractivity contribution in [3.63, 3.8) is 0 Å². The molecule has 0 fully saturated rings. The SMILES string of the molecule is CC(C)(C)OC(=O)n1cc(C=O)c2cc(-n3cncn3)ncc21. The zero-order chi connectivity index (χ0) is 16.6. The van der Waals surface area contributed by atoms with Crippen molar-refractivity contribution in [2.45, 2.75) is 26.4 Å². The fourth-order valence-electron chi connectivity index (χ4n) is 2.15. The molecule has 0 atom stereocenters. The van der Waals surface area contributed by atoms with Gasteiger partial charge in [-0.1, -0.05) is 0 Å². The summed E-state index contributed by atoms with van der Waals surface area (Å²) in [6.07, 6.45) is 5.96. The fourth-order valence-corrected chi connectivity index (χ4v) is 2.15. The Morgan fingerprint density at radius 1 is 1.35 bits per heavy atom. The van der Waals surface area contributed by atoms with E-state index in [0.29, 0.717) is 28.6 Å². The van der Waals surface area contributed by atoms with E-state index in [1.54, 1.807) is 26.8 Å². The van der Waals surface area contributed by atoms with Crippen LogP contribution in [0.1, 0.15) is 31.1 Å². The topological polar surface area (TPSA) is 91.9 Å². The molecule has 0 N–H and O–H groups in total. The van der Waals surface area contributed by atoms with Crippen molar-refractivity contribution in [2.24, 2.45) is 0 Å². The average Bonchev–Trinajstić information content (AvgIpc) is 3.12. The van der Waals surface area contributed by atoms with E-state index in [0.717, 1.165) is 0 Å². The van der Waals surface area contributed by atoms with Gasteiger partial charge in [-0.25, -0.2) is 19.4 Å². The molecule has 0 saturated carbocycles. The summed E-state index contributed by atoms with van der Waals surface area (Å²) in [5, 5.41) is 4.58. The van der Waals surface area contributed by atoms with Crippen LogP contribution in [-0.2, 0) is 4.74 Å². The quantitative estimate of drug-likeness (QED) is 0.674. The van der Waals surface area contributed by atoms with Crippen LogP contribution in [0.5, 0.6) is 0 Å². The van der Waals surface area contributed by atoms with Crippen molar-refractivity contribution in [3.8, 4) is 5.82 Å². The average molecular weight is 313 g/mol. The Morgan fingerprint density at radius 3 is 2.74 bits per heavy atom. The lowest BCUT2D eigenvalue weighted by Gasteiger charge is -2.19. The number of rotatable bonds is 2. The third-order valence-corrected chi connectivity index (χ3v) is 3.08. The highest BCUT2D eigenvalue weighted by Gasteiger charge is 2.21. The predicted octanol–water partition coefficient (Wildman–Crippen LogP) is 2.21. The van der Waals surface area contributed by atoms with E-state index in [2.05, 4.69) is 15.1 Å². The number of hydrogen-bond acceptors (Lipinski definition) is 6. The van der Waals surface area contributed by atoms with Crippen LogP contribution in [0.4, 0.5) is 4.79 Å². The Labute approximate surface area is 131 Å². The highest BCUT2D eigenvalue weighted by molar-refractivity contribution is 6.01. The molecule has 0 radical (unpaired) electrons. The van der Waals surface area contributed by atoms with Gasteiger partial charge in [0.1, 0.15) is 18.3 Å². The van der Waals surface area contributed by atoms with Crippen molar-refractivity contribution >= 4 is 23.3 Å². The molecule has 0 unspecified atom stereocenters. The molecule has 0 aromatic carbocycles. The van der Waals surface area contributed by atoms with Gasteiger partial charge in [0, 0.05) is 17.1 Å². The summed E-state index contributed by atoms with van der Waals surface area (Å²) in [6.45, 7) is 5.33. The third-order valence-electron chi connectivity index (χ3n) is 3.08. The van der Waals surface area contributed by atoms with Gasteiger partial charge in [0.05, 0.1) is 11.7 Å². The summed E-state index contributed by atoms with van der Waals surface area (Å²) in [6, 6.07) is 1.68. The normalized spacial score (nSPS) is 11.6. The maximum Gasteiger partial charge on any atom is 0.419 e. The molecule has 0 aliphatic carbocycles. The number of aromatic nitrogens is 5. The second kappa shape index (κ2) is 5.31. The van der Waals surface area contributed by atoms with Crippen LogP contribution in [0.25, 0.3) is 16.7 Å². The molecule has 0 amide bonds. The summed E-state index contributed by atoms with van der Waals surface area (Å²) in [7, 11) is 0. The number of ether oxygens (including phenoxy) is 1. The van der Waals surface area contributed by atoms with E-state index in [9.17, 15) is 9.59 Å². The minimum Gasteiger partial charge on any atom is -0.443 e. The van der Waals surface area contributed by atoms with Crippen molar-refractivity contribution in [3.05, 3.63) is 36.7 Å². The van der Waals surface area contributed by atoms with Gasteiger partial charge in [0.25, 0.3) is 0 Å². The van der Waals surface area contributed by atoms with Gasteiger partial charge in [-0.05, 0) is 26.8 Å². The summed E-state index contributed by atoms with van der Waals surface area (Å²) >= 11 is 0. The first-order valence-corrected chi connectivity index (χ1v) is 6.94. The first-order chi connectivity index (χ1) is 10.9. The number of carbonyl (C=O) groups is 2. The van der Waals surface area contributed by atoms with E-state index in [1.807, 2.05) is 0 Å². The second-order valence-corrected chi connectivity index (χ2v) is 5.95. The number of fused-ring (bicyclic) bond motifs is 1. The molecule has 3 aromatic heterocycles. The van der Waals surface area contributed by atoms with E-state index >= 15 is 0 Å². The molecule has 3 heterocycles. The third kappa shape index (κ3) is 2.83. The van der Waals surface area contributed by atoms with Gasteiger partial charge >= 0.3 is 6.09 Å². The minimum absolute atomic E-state index is 0.370. The van der Waals surface area contributed by atoms with Gasteiger partial charge < -0.3 is 4.74 Å². The van der Waals surface area contributed by atoms with Crippen molar-refractivity contribution in [1.82, 2.24) is 24.3 Å². The summed E-state index contributed by atoms with van der Waals surface area (Å²) in [5.41, 5.74) is 0.225. The Balaban J connectivity index is 2.11. The molecule has 3 rings (SSSR count). The van der Waals surface area contributed by atoms with E-state index in [1.165, 1.54) is 34.3 Å². The monoisotopic (exact) mass is 313 g/mol. The highest BCUT2D eigenvalue weighted by atomic mass is 16.6. The fraction of sp³-hybridized carbons (Fsp3) is 0.267. The Kier molecular flexibility index (Phi) is 3.44. The van der Waals surface area contributed by atoms with Crippen LogP contribution in [0.15, 0.2) is 31.1 Å². The zero-order valence-corrected chi connectivity index (χ0v) is 12.9. The van der Waals surface area contributed by atoms with Gasteiger partial charge in [0.2, 0.25) is 0 Å². The standard InChI is InChI=1S/C15H15N5O3/c1-15(2,3)23-14(22)19-6-10(7-21)11-4-13(17-5-12(11)19)20-9-16-8-18-20/h4-9H,1-3H3. The van der Waals surface area contributed by atoms with E-state index < -0.39 is 11.7 Å². The molecule has 0 bridgehead atoms. The molecular formula is C15H15N5O3. The van der Waals surface area contributed by atoms with Gasteiger partial charge in [-0.15, -0.1) is 0 Å². The van der Waals surface area contributed by atoms with Crippen molar-refractivity contribution < 1.29 is 14.3 Å². The Morgan fingerprint density at radius 2 is 2.13 bits per heavy atom. The molecular weight excluding hydrogens is 298 g/mol. The smallest absolute Gasteiger partial charge is 0.419 e. The summed E-state index contributed by atoms with van der Waals surface area (Å²) in [4.78, 5) is 31.7. The first-order valence-electron chi connectivity index (χ1n) is 6.94. The predicted molar refractivity (Wildman–Crippen MR) is 81.7 cm³/mol. The maximum absolute atomic E-state index is 12.3. The van der Waals surface area contributed by atoms with Crippen molar-refractivity contribution in [2.75, 3.05) is 0 Å². The zero-order valence-electron chi connectivity index (χ0n) is 12.9. The number of carbonyl (C=O) groups excluding carboxylic acids is 2.